The molecule has 0 bridgehead atoms. The Morgan fingerprint density at radius 2 is 2.00 bits per heavy atom. The summed E-state index contributed by atoms with van der Waals surface area (Å²) in [6, 6.07) is 10.6. The van der Waals surface area contributed by atoms with Crippen LogP contribution in [-0.2, 0) is 6.42 Å². The van der Waals surface area contributed by atoms with Crippen LogP contribution in [0.15, 0.2) is 46.0 Å². The Morgan fingerprint density at radius 3 is 2.74 bits per heavy atom. The molecule has 1 aliphatic heterocycles. The second-order valence-corrected chi connectivity index (χ2v) is 7.68. The minimum absolute atomic E-state index is 0. The summed E-state index contributed by atoms with van der Waals surface area (Å²) < 4.78 is 17.0. The number of nitrogens with one attached hydrogen (secondary N) is 2. The lowest BCUT2D eigenvalue weighted by Crippen LogP contribution is -2.34. The van der Waals surface area contributed by atoms with Crippen molar-refractivity contribution in [2.75, 3.05) is 44.7 Å². The highest BCUT2D eigenvalue weighted by molar-refractivity contribution is 14.0. The van der Waals surface area contributed by atoms with Crippen LogP contribution in [0.1, 0.15) is 31.9 Å². The Kier molecular flexibility index (Phi) is 9.32. The number of aliphatic imine (C=N–C) groups is 1. The van der Waals surface area contributed by atoms with Crippen molar-refractivity contribution in [1.29, 1.82) is 0 Å². The molecule has 1 aromatic carbocycles. The molecule has 0 spiro atoms. The summed E-state index contributed by atoms with van der Waals surface area (Å²) >= 11 is 0. The van der Waals surface area contributed by atoms with E-state index in [9.17, 15) is 0 Å². The zero-order valence-electron chi connectivity index (χ0n) is 18.1. The molecule has 0 radical (unpaired) electrons. The van der Waals surface area contributed by atoms with E-state index in [0.29, 0.717) is 13.2 Å². The molecule has 2 heterocycles. The van der Waals surface area contributed by atoms with E-state index in [0.717, 1.165) is 74.0 Å². The first-order valence-corrected chi connectivity index (χ1v) is 11.0. The first-order valence-electron chi connectivity index (χ1n) is 11.0. The molecule has 8 heteroatoms. The Labute approximate surface area is 201 Å². The standard InChI is InChI=1S/C23H32N4O3.HI/c1-2-27(19-7-8-19)13-12-25-23(24-11-10-20-5-3-14-28-20)26-18-6-9-21-22(17-18)30-16-4-15-29-21;/h3,5-6,9,14,17,19H,2,4,7-8,10-13,15-16H2,1H3,(H2,24,25,26);1H. The van der Waals surface area contributed by atoms with E-state index < -0.39 is 0 Å². The topological polar surface area (TPSA) is 71.3 Å². The predicted octanol–water partition coefficient (Wildman–Crippen LogP) is 4.14. The molecule has 170 valence electrons. The van der Waals surface area contributed by atoms with Gasteiger partial charge in [-0.2, -0.15) is 0 Å². The number of guanidine groups is 1. The molecule has 2 aromatic rings. The number of furan rings is 1. The molecule has 2 aliphatic rings. The van der Waals surface area contributed by atoms with Crippen LogP contribution in [0.25, 0.3) is 0 Å². The van der Waals surface area contributed by atoms with Gasteiger partial charge < -0.3 is 24.5 Å². The van der Waals surface area contributed by atoms with E-state index in [1.54, 1.807) is 6.26 Å². The fourth-order valence-electron chi connectivity index (χ4n) is 3.61. The second-order valence-electron chi connectivity index (χ2n) is 7.68. The molecule has 1 saturated carbocycles. The van der Waals surface area contributed by atoms with Crippen LogP contribution >= 0.6 is 24.0 Å². The number of nitrogens with zero attached hydrogens (tertiary/aromatic N) is 2. The maximum Gasteiger partial charge on any atom is 0.195 e. The minimum Gasteiger partial charge on any atom is -0.490 e. The van der Waals surface area contributed by atoms with Crippen molar-refractivity contribution in [2.24, 2.45) is 4.99 Å². The van der Waals surface area contributed by atoms with Gasteiger partial charge >= 0.3 is 0 Å². The van der Waals surface area contributed by atoms with E-state index in [-0.39, 0.29) is 24.0 Å². The lowest BCUT2D eigenvalue weighted by Gasteiger charge is -2.19. The van der Waals surface area contributed by atoms with Crippen molar-refractivity contribution >= 4 is 35.6 Å². The number of ether oxygens (including phenoxy) is 2. The minimum atomic E-state index is 0. The zero-order chi connectivity index (χ0) is 20.6. The van der Waals surface area contributed by atoms with E-state index in [4.69, 9.17) is 18.9 Å². The monoisotopic (exact) mass is 540 g/mol. The summed E-state index contributed by atoms with van der Waals surface area (Å²) in [6.07, 6.45) is 6.05. The van der Waals surface area contributed by atoms with Crippen LogP contribution in [0.3, 0.4) is 0 Å². The summed E-state index contributed by atoms with van der Waals surface area (Å²) in [5, 5.41) is 6.84. The van der Waals surface area contributed by atoms with Gasteiger partial charge in [0, 0.05) is 43.7 Å². The third-order valence-corrected chi connectivity index (χ3v) is 5.38. The van der Waals surface area contributed by atoms with Gasteiger partial charge in [-0.3, -0.25) is 9.89 Å². The van der Waals surface area contributed by atoms with E-state index in [1.807, 2.05) is 30.3 Å². The third kappa shape index (κ3) is 7.31. The fraction of sp³-hybridized carbons (Fsp3) is 0.522. The van der Waals surface area contributed by atoms with Crippen molar-refractivity contribution in [1.82, 2.24) is 10.2 Å². The van der Waals surface area contributed by atoms with E-state index >= 15 is 0 Å². The van der Waals surface area contributed by atoms with Crippen molar-refractivity contribution in [2.45, 2.75) is 38.6 Å². The summed E-state index contributed by atoms with van der Waals surface area (Å²) in [6.45, 7) is 7.14. The average molecular weight is 540 g/mol. The molecule has 0 saturated heterocycles. The van der Waals surface area contributed by atoms with E-state index in [1.165, 1.54) is 12.8 Å². The molecule has 1 fully saturated rings. The molecule has 7 nitrogen and oxygen atoms in total. The summed E-state index contributed by atoms with van der Waals surface area (Å²) in [4.78, 5) is 7.33. The van der Waals surface area contributed by atoms with Gasteiger partial charge in [0.15, 0.2) is 17.5 Å². The van der Waals surface area contributed by atoms with Crippen LogP contribution in [0.2, 0.25) is 0 Å². The Bertz CT molecular complexity index is 824. The highest BCUT2D eigenvalue weighted by atomic mass is 127. The fourth-order valence-corrected chi connectivity index (χ4v) is 3.61. The maximum atomic E-state index is 5.82. The highest BCUT2D eigenvalue weighted by Crippen LogP contribution is 2.32. The molecular weight excluding hydrogens is 507 g/mol. The highest BCUT2D eigenvalue weighted by Gasteiger charge is 2.27. The normalized spacial score (nSPS) is 15.9. The van der Waals surface area contributed by atoms with Crippen LogP contribution in [0.4, 0.5) is 5.69 Å². The number of halogens is 1. The molecule has 4 rings (SSSR count). The van der Waals surface area contributed by atoms with Crippen LogP contribution in [0.5, 0.6) is 11.5 Å². The van der Waals surface area contributed by atoms with Crippen molar-refractivity contribution in [3.63, 3.8) is 0 Å². The number of hydrogen-bond donors (Lipinski definition) is 2. The first kappa shape index (κ1) is 23.7. The lowest BCUT2D eigenvalue weighted by molar-refractivity contribution is 0.286. The van der Waals surface area contributed by atoms with Crippen LogP contribution in [-0.4, -0.2) is 56.3 Å². The summed E-state index contributed by atoms with van der Waals surface area (Å²) in [5.41, 5.74) is 0.929. The van der Waals surface area contributed by atoms with Gasteiger partial charge in [-0.1, -0.05) is 6.92 Å². The number of benzene rings is 1. The molecule has 1 aromatic heterocycles. The lowest BCUT2D eigenvalue weighted by atomic mass is 10.2. The number of anilines is 1. The van der Waals surface area contributed by atoms with Crippen molar-refractivity contribution in [3.05, 3.63) is 42.4 Å². The van der Waals surface area contributed by atoms with Gasteiger partial charge in [0.1, 0.15) is 5.76 Å². The Morgan fingerprint density at radius 1 is 1.16 bits per heavy atom. The van der Waals surface area contributed by atoms with Gasteiger partial charge in [0.2, 0.25) is 0 Å². The van der Waals surface area contributed by atoms with Gasteiger partial charge in [-0.05, 0) is 43.7 Å². The van der Waals surface area contributed by atoms with Gasteiger partial charge in [-0.25, -0.2) is 0 Å². The van der Waals surface area contributed by atoms with Crippen LogP contribution in [0, 0.1) is 0 Å². The van der Waals surface area contributed by atoms with Gasteiger partial charge in [-0.15, -0.1) is 24.0 Å². The summed E-state index contributed by atoms with van der Waals surface area (Å²) in [5.74, 6) is 3.30. The predicted molar refractivity (Wildman–Crippen MR) is 134 cm³/mol. The second kappa shape index (κ2) is 12.2. The summed E-state index contributed by atoms with van der Waals surface area (Å²) in [7, 11) is 0. The number of fused-ring (bicyclic) bond motifs is 1. The maximum absolute atomic E-state index is 5.82. The third-order valence-electron chi connectivity index (χ3n) is 5.38. The smallest absolute Gasteiger partial charge is 0.195 e. The molecule has 1 aliphatic carbocycles. The largest absolute Gasteiger partial charge is 0.490 e. The number of hydrogen-bond acceptors (Lipinski definition) is 5. The zero-order valence-corrected chi connectivity index (χ0v) is 20.5. The molecule has 0 atom stereocenters. The van der Waals surface area contributed by atoms with Gasteiger partial charge in [0.05, 0.1) is 26.0 Å². The Balaban J connectivity index is 0.00000272. The Hall–Kier alpha value is -1.94. The van der Waals surface area contributed by atoms with E-state index in [2.05, 4.69) is 22.5 Å². The molecule has 2 N–H and O–H groups in total. The van der Waals surface area contributed by atoms with Crippen molar-refractivity contribution < 1.29 is 13.9 Å². The van der Waals surface area contributed by atoms with Crippen molar-refractivity contribution in [3.8, 4) is 11.5 Å². The quantitative estimate of drug-likeness (QED) is 0.283. The molecule has 31 heavy (non-hydrogen) atoms. The first-order chi connectivity index (χ1) is 14.8. The molecular formula is C23H33IN4O3. The number of likely N-dealkylation sites (N-methyl/N-ethyl adjacent to an activating group) is 1. The van der Waals surface area contributed by atoms with Gasteiger partial charge in [0.25, 0.3) is 0 Å². The number of rotatable bonds is 9. The molecule has 0 unspecified atom stereocenters. The molecule has 0 amide bonds. The average Bonchev–Trinajstić information content (AvgIpc) is 3.52. The SMILES string of the molecule is CCN(CCN=C(NCCc1ccco1)Nc1ccc2c(c1)OCCCO2)C1CC1.I. The van der Waals surface area contributed by atoms with Crippen LogP contribution < -0.4 is 20.1 Å².